The van der Waals surface area contributed by atoms with E-state index in [1.807, 2.05) is 4.90 Å². The van der Waals surface area contributed by atoms with Gasteiger partial charge in [0.2, 0.25) is 11.8 Å². The number of hydrogen-bond donors (Lipinski definition) is 2. The number of anilines is 1. The molecule has 0 unspecified atom stereocenters. The Labute approximate surface area is 155 Å². The minimum Gasteiger partial charge on any atom is -0.406 e. The second-order valence-electron chi connectivity index (χ2n) is 6.17. The third-order valence-electron chi connectivity index (χ3n) is 4.06. The molecule has 7 nitrogen and oxygen atoms in total. The molecule has 10 heteroatoms. The van der Waals surface area contributed by atoms with E-state index in [-0.39, 0.29) is 24.1 Å². The second-order valence-corrected chi connectivity index (χ2v) is 6.17. The summed E-state index contributed by atoms with van der Waals surface area (Å²) in [4.78, 5) is 27.7. The number of nitrogens with one attached hydrogen (secondary N) is 1. The zero-order valence-electron chi connectivity index (χ0n) is 14.8. The number of carbonyl (C=O) groups excluding carboxylic acids is 2. The van der Waals surface area contributed by atoms with Crippen molar-refractivity contribution in [2.75, 3.05) is 44.6 Å². The Morgan fingerprint density at radius 1 is 1.11 bits per heavy atom. The van der Waals surface area contributed by atoms with Crippen molar-refractivity contribution in [3.8, 4) is 5.75 Å². The zero-order valence-corrected chi connectivity index (χ0v) is 14.8. The molecule has 150 valence electrons. The maximum atomic E-state index is 12.1. The summed E-state index contributed by atoms with van der Waals surface area (Å²) < 4.78 is 40.1. The van der Waals surface area contributed by atoms with Gasteiger partial charge in [0.1, 0.15) is 5.75 Å². The normalized spacial score (nSPS) is 15.5. The highest BCUT2D eigenvalue weighted by molar-refractivity contribution is 5.92. The van der Waals surface area contributed by atoms with Gasteiger partial charge in [0, 0.05) is 38.3 Å². The lowest BCUT2D eigenvalue weighted by molar-refractivity contribution is -0.274. The molecule has 2 rings (SSSR count). The maximum Gasteiger partial charge on any atom is 0.573 e. The zero-order chi connectivity index (χ0) is 19.9. The molecule has 0 aromatic heterocycles. The summed E-state index contributed by atoms with van der Waals surface area (Å²) in [7, 11) is 0. The van der Waals surface area contributed by atoms with Crippen LogP contribution in [0.4, 0.5) is 18.9 Å². The number of rotatable bonds is 7. The predicted molar refractivity (Wildman–Crippen MR) is 93.1 cm³/mol. The van der Waals surface area contributed by atoms with E-state index < -0.39 is 6.36 Å². The lowest BCUT2D eigenvalue weighted by Crippen LogP contribution is -2.50. The number of nitrogens with two attached hydrogens (primary N) is 1. The molecule has 1 heterocycles. The highest BCUT2D eigenvalue weighted by atomic mass is 19.4. The molecule has 2 amide bonds. The molecule has 1 aliphatic rings. The molecule has 0 aliphatic carbocycles. The molecule has 1 aliphatic heterocycles. The topological polar surface area (TPSA) is 87.9 Å². The molecule has 0 bridgehead atoms. The first-order valence-electron chi connectivity index (χ1n) is 8.62. The Bertz CT molecular complexity index is 629. The van der Waals surface area contributed by atoms with Crippen LogP contribution in [-0.4, -0.2) is 67.2 Å². The van der Waals surface area contributed by atoms with Gasteiger partial charge in [0.15, 0.2) is 0 Å². The van der Waals surface area contributed by atoms with Gasteiger partial charge in [0.05, 0.1) is 6.54 Å². The molecule has 0 atom stereocenters. The molecule has 0 saturated carbocycles. The first-order chi connectivity index (χ1) is 12.8. The van der Waals surface area contributed by atoms with Crippen LogP contribution in [-0.2, 0) is 9.59 Å². The number of piperazine rings is 1. The standard InChI is InChI=1S/C17H23F3N4O3/c18-17(19,20)27-14-5-3-13(4-6-14)22-15(25)12-23-8-10-24(11-9-23)16(26)2-1-7-21/h3-6H,1-2,7-12,21H2,(H,22,25). The van der Waals surface area contributed by atoms with Crippen molar-refractivity contribution in [1.29, 1.82) is 0 Å². The predicted octanol–water partition coefficient (Wildman–Crippen LogP) is 1.41. The lowest BCUT2D eigenvalue weighted by atomic mass is 10.2. The monoisotopic (exact) mass is 388 g/mol. The Hall–Kier alpha value is -2.33. The van der Waals surface area contributed by atoms with Crippen molar-refractivity contribution >= 4 is 17.5 Å². The average Bonchev–Trinajstić information content (AvgIpc) is 2.60. The van der Waals surface area contributed by atoms with E-state index in [9.17, 15) is 22.8 Å². The van der Waals surface area contributed by atoms with Gasteiger partial charge in [-0.05, 0) is 37.2 Å². The number of amides is 2. The SMILES string of the molecule is NCCCC(=O)N1CCN(CC(=O)Nc2ccc(OC(F)(F)F)cc2)CC1. The van der Waals surface area contributed by atoms with Crippen molar-refractivity contribution < 1.29 is 27.5 Å². The maximum absolute atomic E-state index is 12.1. The van der Waals surface area contributed by atoms with E-state index in [0.717, 1.165) is 12.1 Å². The highest BCUT2D eigenvalue weighted by Crippen LogP contribution is 2.23. The van der Waals surface area contributed by atoms with Crippen molar-refractivity contribution in [3.63, 3.8) is 0 Å². The van der Waals surface area contributed by atoms with Gasteiger partial charge in [-0.15, -0.1) is 13.2 Å². The fourth-order valence-corrected chi connectivity index (χ4v) is 2.71. The summed E-state index contributed by atoms with van der Waals surface area (Å²) in [5, 5.41) is 2.63. The van der Waals surface area contributed by atoms with Gasteiger partial charge < -0.3 is 20.7 Å². The number of benzene rings is 1. The van der Waals surface area contributed by atoms with Crippen molar-refractivity contribution in [3.05, 3.63) is 24.3 Å². The number of nitrogens with zero attached hydrogens (tertiary/aromatic N) is 2. The van der Waals surface area contributed by atoms with E-state index in [0.29, 0.717) is 51.3 Å². The fraction of sp³-hybridized carbons (Fsp3) is 0.529. The van der Waals surface area contributed by atoms with E-state index in [1.54, 1.807) is 4.90 Å². The Balaban J connectivity index is 1.74. The average molecular weight is 388 g/mol. The first-order valence-corrected chi connectivity index (χ1v) is 8.62. The molecular weight excluding hydrogens is 365 g/mol. The van der Waals surface area contributed by atoms with Crippen LogP contribution in [0.15, 0.2) is 24.3 Å². The van der Waals surface area contributed by atoms with Crippen LogP contribution in [0.25, 0.3) is 0 Å². The van der Waals surface area contributed by atoms with Crippen LogP contribution in [0, 0.1) is 0 Å². The molecule has 3 N–H and O–H groups in total. The summed E-state index contributed by atoms with van der Waals surface area (Å²) in [5.41, 5.74) is 5.78. The summed E-state index contributed by atoms with van der Waals surface area (Å²) in [6, 6.07) is 4.95. The number of ether oxygens (including phenoxy) is 1. The minimum absolute atomic E-state index is 0.0747. The molecule has 1 aromatic rings. The van der Waals surface area contributed by atoms with Crippen LogP contribution in [0.3, 0.4) is 0 Å². The number of hydrogen-bond acceptors (Lipinski definition) is 5. The molecule has 1 saturated heterocycles. The molecule has 0 spiro atoms. The Morgan fingerprint density at radius 3 is 2.30 bits per heavy atom. The summed E-state index contributed by atoms with van der Waals surface area (Å²) >= 11 is 0. The van der Waals surface area contributed by atoms with Crippen LogP contribution >= 0.6 is 0 Å². The van der Waals surface area contributed by atoms with Gasteiger partial charge in [-0.25, -0.2) is 0 Å². The third kappa shape index (κ3) is 7.43. The van der Waals surface area contributed by atoms with Gasteiger partial charge in [-0.1, -0.05) is 0 Å². The number of carbonyl (C=O) groups is 2. The largest absolute Gasteiger partial charge is 0.573 e. The number of halogens is 3. The van der Waals surface area contributed by atoms with E-state index in [4.69, 9.17) is 5.73 Å². The highest BCUT2D eigenvalue weighted by Gasteiger charge is 2.31. The van der Waals surface area contributed by atoms with Crippen LogP contribution in [0.1, 0.15) is 12.8 Å². The van der Waals surface area contributed by atoms with E-state index >= 15 is 0 Å². The summed E-state index contributed by atoms with van der Waals surface area (Å²) in [5.74, 6) is -0.552. The lowest BCUT2D eigenvalue weighted by Gasteiger charge is -2.34. The minimum atomic E-state index is -4.75. The molecule has 1 aromatic carbocycles. The quantitative estimate of drug-likeness (QED) is 0.737. The smallest absolute Gasteiger partial charge is 0.406 e. The van der Waals surface area contributed by atoms with Crippen LogP contribution < -0.4 is 15.8 Å². The summed E-state index contributed by atoms with van der Waals surface area (Å²) in [6.45, 7) is 2.90. The van der Waals surface area contributed by atoms with E-state index in [2.05, 4.69) is 10.1 Å². The van der Waals surface area contributed by atoms with Crippen molar-refractivity contribution in [1.82, 2.24) is 9.80 Å². The number of alkyl halides is 3. The van der Waals surface area contributed by atoms with Crippen molar-refractivity contribution in [2.24, 2.45) is 5.73 Å². The molecule has 1 fully saturated rings. The fourth-order valence-electron chi connectivity index (χ4n) is 2.71. The Morgan fingerprint density at radius 2 is 1.74 bits per heavy atom. The third-order valence-corrected chi connectivity index (χ3v) is 4.06. The van der Waals surface area contributed by atoms with E-state index in [1.165, 1.54) is 12.1 Å². The van der Waals surface area contributed by atoms with Gasteiger partial charge >= 0.3 is 6.36 Å². The van der Waals surface area contributed by atoms with Crippen molar-refractivity contribution in [2.45, 2.75) is 19.2 Å². The second kappa shape index (κ2) is 9.56. The van der Waals surface area contributed by atoms with Crippen LogP contribution in [0.2, 0.25) is 0 Å². The van der Waals surface area contributed by atoms with Crippen LogP contribution in [0.5, 0.6) is 5.75 Å². The first kappa shape index (κ1) is 21.0. The van der Waals surface area contributed by atoms with Gasteiger partial charge in [-0.2, -0.15) is 0 Å². The Kier molecular flexibility index (Phi) is 7.43. The molecular formula is C17H23F3N4O3. The summed E-state index contributed by atoms with van der Waals surface area (Å²) in [6.07, 6.45) is -3.65. The molecule has 27 heavy (non-hydrogen) atoms. The van der Waals surface area contributed by atoms with Gasteiger partial charge in [-0.3, -0.25) is 14.5 Å². The molecule has 0 radical (unpaired) electrons. The van der Waals surface area contributed by atoms with Gasteiger partial charge in [0.25, 0.3) is 0 Å².